The Labute approximate surface area is 176 Å². The van der Waals surface area contributed by atoms with E-state index in [1.54, 1.807) is 42.6 Å². The van der Waals surface area contributed by atoms with Gasteiger partial charge in [-0.25, -0.2) is 4.79 Å². The highest BCUT2D eigenvalue weighted by Gasteiger charge is 2.23. The third kappa shape index (κ3) is 3.22. The maximum atomic E-state index is 12.6. The Morgan fingerprint density at radius 3 is 2.70 bits per heavy atom. The normalized spacial score (nSPS) is 14.7. The molecule has 0 fully saturated rings. The van der Waals surface area contributed by atoms with Crippen LogP contribution in [-0.2, 0) is 0 Å². The van der Waals surface area contributed by atoms with Gasteiger partial charge in [-0.05, 0) is 42.3 Å². The van der Waals surface area contributed by atoms with E-state index in [1.165, 1.54) is 0 Å². The van der Waals surface area contributed by atoms with E-state index >= 15 is 0 Å². The van der Waals surface area contributed by atoms with E-state index in [1.807, 2.05) is 19.1 Å². The predicted molar refractivity (Wildman–Crippen MR) is 115 cm³/mol. The molecule has 0 saturated carbocycles. The maximum absolute atomic E-state index is 12.6. The minimum absolute atomic E-state index is 0.203. The van der Waals surface area contributed by atoms with Crippen LogP contribution < -0.4 is 5.69 Å². The second kappa shape index (κ2) is 7.67. The molecule has 0 radical (unpaired) electrons. The molecule has 4 rings (SSSR count). The molecule has 150 valence electrons. The van der Waals surface area contributed by atoms with Gasteiger partial charge >= 0.3 is 5.69 Å². The smallest absolute Gasteiger partial charge is 0.329 e. The first kappa shape index (κ1) is 19.7. The van der Waals surface area contributed by atoms with Crippen molar-refractivity contribution in [1.82, 2.24) is 9.55 Å². The zero-order valence-electron chi connectivity index (χ0n) is 15.9. The topological polar surface area (TPSA) is 114 Å². The molecule has 3 N–H and O–H groups in total. The van der Waals surface area contributed by atoms with Crippen LogP contribution in [0.25, 0.3) is 11.6 Å². The van der Waals surface area contributed by atoms with Gasteiger partial charge in [-0.15, -0.1) is 0 Å². The van der Waals surface area contributed by atoms with E-state index in [-0.39, 0.29) is 11.6 Å². The molecule has 2 heterocycles. The fraction of sp³-hybridized carbons (Fsp3) is 0.136. The lowest BCUT2D eigenvalue weighted by molar-refractivity contribution is 0.237. The molecule has 0 spiro atoms. The second-order valence-corrected chi connectivity index (χ2v) is 7.30. The first-order valence-corrected chi connectivity index (χ1v) is 9.52. The summed E-state index contributed by atoms with van der Waals surface area (Å²) < 4.78 is 1.09. The molecule has 0 aliphatic carbocycles. The van der Waals surface area contributed by atoms with E-state index in [4.69, 9.17) is 16.9 Å². The highest BCUT2D eigenvalue weighted by molar-refractivity contribution is 6.32. The largest absolute Gasteiger partial charge is 0.493 e. The summed E-state index contributed by atoms with van der Waals surface area (Å²) in [5.41, 5.74) is 3.85. The minimum atomic E-state index is -0.806. The van der Waals surface area contributed by atoms with Gasteiger partial charge in [0.15, 0.2) is 0 Å². The number of halogens is 1. The molecule has 1 aliphatic heterocycles. The van der Waals surface area contributed by atoms with Crippen molar-refractivity contribution in [3.8, 4) is 11.9 Å². The minimum Gasteiger partial charge on any atom is -0.493 e. The van der Waals surface area contributed by atoms with Crippen molar-refractivity contribution < 1.29 is 10.2 Å². The van der Waals surface area contributed by atoms with Crippen molar-refractivity contribution in [3.05, 3.63) is 79.9 Å². The number of benzene rings is 2. The number of hydrogen-bond donors (Lipinski definition) is 3. The first-order chi connectivity index (χ1) is 14.4. The van der Waals surface area contributed by atoms with Crippen LogP contribution in [0.3, 0.4) is 0 Å². The Morgan fingerprint density at radius 2 is 2.03 bits per heavy atom. The average Bonchev–Trinajstić information content (AvgIpc) is 3.28. The summed E-state index contributed by atoms with van der Waals surface area (Å²) in [5, 5.41) is 30.2. The highest BCUT2D eigenvalue weighted by Crippen LogP contribution is 2.39. The Balaban J connectivity index is 1.76. The number of H-pyrrole nitrogens is 1. The third-order valence-electron chi connectivity index (χ3n) is 5.15. The number of hydrogen-bond acceptors (Lipinski definition) is 5. The van der Waals surface area contributed by atoms with Crippen LogP contribution in [-0.4, -0.2) is 32.6 Å². The van der Waals surface area contributed by atoms with Crippen molar-refractivity contribution in [2.24, 2.45) is 4.99 Å². The van der Waals surface area contributed by atoms with Crippen LogP contribution in [0.1, 0.15) is 34.0 Å². The number of nitrogens with one attached hydrogen (secondary N) is 1. The Bertz CT molecular complexity index is 1290. The number of nitriles is 1. The number of aliphatic imine (C=N–C) groups is 1. The summed E-state index contributed by atoms with van der Waals surface area (Å²) in [7, 11) is 0. The third-order valence-corrected chi connectivity index (χ3v) is 5.56. The van der Waals surface area contributed by atoms with E-state index in [2.05, 4.69) is 9.98 Å². The molecule has 1 aromatic heterocycles. The Morgan fingerprint density at radius 1 is 1.30 bits per heavy atom. The van der Waals surface area contributed by atoms with Crippen molar-refractivity contribution in [3.63, 3.8) is 0 Å². The number of aromatic amines is 1. The van der Waals surface area contributed by atoms with Crippen LogP contribution in [0, 0.1) is 18.3 Å². The molecule has 8 heteroatoms. The van der Waals surface area contributed by atoms with Crippen molar-refractivity contribution in [2.45, 2.75) is 13.0 Å². The lowest BCUT2D eigenvalue weighted by atomic mass is 10.0. The van der Waals surface area contributed by atoms with Gasteiger partial charge in [0.1, 0.15) is 5.69 Å². The van der Waals surface area contributed by atoms with Gasteiger partial charge in [-0.1, -0.05) is 29.8 Å². The quantitative estimate of drug-likeness (QED) is 0.598. The molecule has 3 aromatic rings. The molecule has 0 bridgehead atoms. The van der Waals surface area contributed by atoms with E-state index in [9.17, 15) is 15.0 Å². The number of rotatable bonds is 4. The monoisotopic (exact) mass is 420 g/mol. The van der Waals surface area contributed by atoms with Crippen molar-refractivity contribution in [1.29, 1.82) is 5.26 Å². The van der Waals surface area contributed by atoms with Crippen LogP contribution in [0.2, 0.25) is 5.02 Å². The second-order valence-electron chi connectivity index (χ2n) is 6.90. The molecule has 2 aromatic carbocycles. The molecule has 30 heavy (non-hydrogen) atoms. The fourth-order valence-electron chi connectivity index (χ4n) is 3.51. The average molecular weight is 421 g/mol. The molecular formula is C22H17ClN4O3. The SMILES string of the molecule is Cc1c(Cl)ccc2c1N=C/C2=C\c1[nH]c(=O)n([C@@H](CO)c2ccc(C#N)cc2)c1O. The lowest BCUT2D eigenvalue weighted by Crippen LogP contribution is -2.25. The van der Waals surface area contributed by atoms with Gasteiger partial charge in [0.25, 0.3) is 0 Å². The number of aromatic nitrogens is 2. The predicted octanol–water partition coefficient (Wildman–Crippen LogP) is 3.55. The van der Waals surface area contributed by atoms with Gasteiger partial charge in [-0.3, -0.25) is 9.56 Å². The number of fused-ring (bicyclic) bond motifs is 1. The Hall–Kier alpha value is -3.60. The highest BCUT2D eigenvalue weighted by atomic mass is 35.5. The Kier molecular flexibility index (Phi) is 5.04. The molecule has 0 amide bonds. The number of nitrogens with zero attached hydrogens (tertiary/aromatic N) is 3. The van der Waals surface area contributed by atoms with E-state index in [0.717, 1.165) is 21.4 Å². The fourth-order valence-corrected chi connectivity index (χ4v) is 3.66. The van der Waals surface area contributed by atoms with Crippen LogP contribution >= 0.6 is 11.6 Å². The molecule has 7 nitrogen and oxygen atoms in total. The standard InChI is InChI=1S/C22H17ClN4O3/c1-12-17(23)7-6-16-15(10-25-20(12)16)8-18-21(29)27(22(30)26-18)19(11-28)14-4-2-13(9-24)3-5-14/h2-8,10,19,28-29H,11H2,1H3,(H,26,30)/b15-8+/t19-/m0/s1. The van der Waals surface area contributed by atoms with Gasteiger partial charge in [0, 0.05) is 22.4 Å². The van der Waals surface area contributed by atoms with Crippen molar-refractivity contribution in [2.75, 3.05) is 6.61 Å². The lowest BCUT2D eigenvalue weighted by Gasteiger charge is -2.16. The van der Waals surface area contributed by atoms with Crippen LogP contribution in [0.4, 0.5) is 5.69 Å². The summed E-state index contributed by atoms with van der Waals surface area (Å²) in [5.74, 6) is -0.302. The summed E-state index contributed by atoms with van der Waals surface area (Å²) >= 11 is 6.15. The maximum Gasteiger partial charge on any atom is 0.329 e. The molecule has 0 unspecified atom stereocenters. The first-order valence-electron chi connectivity index (χ1n) is 9.14. The number of imidazole rings is 1. The molecular weight excluding hydrogens is 404 g/mol. The van der Waals surface area contributed by atoms with Gasteiger partial charge < -0.3 is 15.2 Å². The van der Waals surface area contributed by atoms with Crippen molar-refractivity contribution >= 4 is 35.2 Å². The number of aromatic hydroxyl groups is 1. The summed E-state index contributed by atoms with van der Waals surface area (Å²) in [6.45, 7) is 1.47. The van der Waals surface area contributed by atoms with Crippen LogP contribution in [0.15, 0.2) is 46.2 Å². The number of aliphatic hydroxyl groups excluding tert-OH is 1. The summed E-state index contributed by atoms with van der Waals surface area (Å²) in [4.78, 5) is 19.6. The molecule has 0 saturated heterocycles. The molecule has 1 atom stereocenters. The van der Waals surface area contributed by atoms with Gasteiger partial charge in [0.05, 0.1) is 30.0 Å². The number of aliphatic hydroxyl groups is 1. The van der Waals surface area contributed by atoms with Gasteiger partial charge in [-0.2, -0.15) is 5.26 Å². The molecule has 1 aliphatic rings. The summed E-state index contributed by atoms with van der Waals surface area (Å²) in [6, 6.07) is 11.3. The number of allylic oxidation sites excluding steroid dienone is 1. The van der Waals surface area contributed by atoms with Gasteiger partial charge in [0.2, 0.25) is 5.88 Å². The summed E-state index contributed by atoms with van der Waals surface area (Å²) in [6.07, 6.45) is 3.27. The van der Waals surface area contributed by atoms with E-state index in [0.29, 0.717) is 21.7 Å². The zero-order valence-corrected chi connectivity index (χ0v) is 16.7. The zero-order chi connectivity index (χ0) is 21.4. The van der Waals surface area contributed by atoms with E-state index < -0.39 is 18.3 Å². The van der Waals surface area contributed by atoms with Crippen LogP contribution in [0.5, 0.6) is 5.88 Å².